The van der Waals surface area contributed by atoms with Gasteiger partial charge in [-0.25, -0.2) is 9.97 Å². The van der Waals surface area contributed by atoms with Crippen molar-refractivity contribution in [3.63, 3.8) is 0 Å². The molecule has 0 aromatic carbocycles. The Morgan fingerprint density at radius 1 is 1.35 bits per heavy atom. The average molecular weight is 235 g/mol. The molecule has 4 nitrogen and oxygen atoms in total. The van der Waals surface area contributed by atoms with Crippen LogP contribution in [0.4, 0.5) is 5.95 Å². The van der Waals surface area contributed by atoms with Crippen molar-refractivity contribution in [1.82, 2.24) is 9.97 Å². The Morgan fingerprint density at radius 3 is 2.65 bits per heavy atom. The van der Waals surface area contributed by atoms with E-state index in [1.807, 2.05) is 13.0 Å². The summed E-state index contributed by atoms with van der Waals surface area (Å²) in [6.45, 7) is 5.01. The molecule has 0 aliphatic heterocycles. The Hall–Kier alpha value is -1.16. The van der Waals surface area contributed by atoms with Gasteiger partial charge in [0.25, 0.3) is 0 Å². The summed E-state index contributed by atoms with van der Waals surface area (Å²) in [6, 6.07) is 2.42. The molecule has 17 heavy (non-hydrogen) atoms. The Kier molecular flexibility index (Phi) is 3.94. The minimum atomic E-state index is -0.0153. The van der Waals surface area contributed by atoms with Crippen LogP contribution in [0, 0.1) is 6.92 Å². The summed E-state index contributed by atoms with van der Waals surface area (Å²) in [6.07, 6.45) is 5.08. The largest absolute Gasteiger partial charge is 0.390 e. The van der Waals surface area contributed by atoms with E-state index in [2.05, 4.69) is 21.8 Å². The highest BCUT2D eigenvalue weighted by molar-refractivity contribution is 5.34. The van der Waals surface area contributed by atoms with Crippen molar-refractivity contribution < 1.29 is 5.11 Å². The highest BCUT2D eigenvalue weighted by Gasteiger charge is 2.23. The molecule has 1 aliphatic rings. The van der Waals surface area contributed by atoms with Crippen LogP contribution in [0.3, 0.4) is 0 Å². The number of hydrogen-bond acceptors (Lipinski definition) is 4. The van der Waals surface area contributed by atoms with Gasteiger partial charge in [-0.2, -0.15) is 0 Å². The first-order valence-electron chi connectivity index (χ1n) is 6.46. The van der Waals surface area contributed by atoms with Crippen LogP contribution in [0.1, 0.15) is 44.0 Å². The van der Waals surface area contributed by atoms with Crippen LogP contribution in [-0.4, -0.2) is 27.7 Å². The summed E-state index contributed by atoms with van der Waals surface area (Å²) in [7, 11) is 0. The van der Waals surface area contributed by atoms with Crippen LogP contribution in [0.15, 0.2) is 6.07 Å². The molecule has 0 saturated heterocycles. The van der Waals surface area contributed by atoms with Gasteiger partial charge < -0.3 is 10.0 Å². The van der Waals surface area contributed by atoms with E-state index in [-0.39, 0.29) is 6.61 Å². The molecule has 0 radical (unpaired) electrons. The van der Waals surface area contributed by atoms with Crippen molar-refractivity contribution in [3.05, 3.63) is 17.5 Å². The number of aromatic nitrogens is 2. The molecule has 1 saturated carbocycles. The van der Waals surface area contributed by atoms with E-state index in [9.17, 15) is 5.11 Å². The van der Waals surface area contributed by atoms with Gasteiger partial charge in [0.1, 0.15) is 0 Å². The molecule has 0 amide bonds. The van der Waals surface area contributed by atoms with Gasteiger partial charge in [-0.1, -0.05) is 12.8 Å². The molecule has 1 fully saturated rings. The average Bonchev–Trinajstić information content (AvgIpc) is 2.83. The maximum atomic E-state index is 9.20. The standard InChI is InChI=1S/C13H21N3O/c1-3-16(12-6-4-5-7-12)13-14-10(2)8-11(9-17)15-13/h8,12,17H,3-7,9H2,1-2H3. The Morgan fingerprint density at radius 2 is 2.06 bits per heavy atom. The molecule has 1 aromatic rings. The maximum Gasteiger partial charge on any atom is 0.226 e. The molecule has 0 atom stereocenters. The molecule has 0 unspecified atom stereocenters. The number of anilines is 1. The zero-order valence-electron chi connectivity index (χ0n) is 10.7. The van der Waals surface area contributed by atoms with E-state index in [1.54, 1.807) is 0 Å². The third-order valence-electron chi connectivity index (χ3n) is 3.42. The predicted molar refractivity (Wildman–Crippen MR) is 68.0 cm³/mol. The monoisotopic (exact) mass is 235 g/mol. The SMILES string of the molecule is CCN(c1nc(C)cc(CO)n1)C1CCCC1. The van der Waals surface area contributed by atoms with Crippen LogP contribution in [0.25, 0.3) is 0 Å². The maximum absolute atomic E-state index is 9.20. The van der Waals surface area contributed by atoms with Crippen molar-refractivity contribution >= 4 is 5.95 Å². The third-order valence-corrected chi connectivity index (χ3v) is 3.42. The lowest BCUT2D eigenvalue weighted by atomic mass is 10.2. The van der Waals surface area contributed by atoms with Gasteiger partial charge in [-0.3, -0.25) is 0 Å². The van der Waals surface area contributed by atoms with Crippen molar-refractivity contribution in [2.45, 2.75) is 52.2 Å². The molecule has 4 heteroatoms. The van der Waals surface area contributed by atoms with Crippen molar-refractivity contribution in [1.29, 1.82) is 0 Å². The summed E-state index contributed by atoms with van der Waals surface area (Å²) in [5.74, 6) is 0.781. The minimum absolute atomic E-state index is 0.0153. The Labute approximate surface area is 103 Å². The molecule has 1 N–H and O–H groups in total. The lowest BCUT2D eigenvalue weighted by Crippen LogP contribution is -2.34. The van der Waals surface area contributed by atoms with Crippen LogP contribution >= 0.6 is 0 Å². The lowest BCUT2D eigenvalue weighted by molar-refractivity contribution is 0.276. The van der Waals surface area contributed by atoms with Crippen molar-refractivity contribution in [2.24, 2.45) is 0 Å². The van der Waals surface area contributed by atoms with Crippen molar-refractivity contribution in [2.75, 3.05) is 11.4 Å². The number of aliphatic hydroxyl groups is 1. The zero-order valence-corrected chi connectivity index (χ0v) is 10.7. The van der Waals surface area contributed by atoms with E-state index in [0.29, 0.717) is 11.7 Å². The topological polar surface area (TPSA) is 49.2 Å². The number of aryl methyl sites for hydroxylation is 1. The summed E-state index contributed by atoms with van der Waals surface area (Å²) in [5.41, 5.74) is 1.64. The molecule has 1 heterocycles. The minimum Gasteiger partial charge on any atom is -0.390 e. The van der Waals surface area contributed by atoms with Gasteiger partial charge in [0.2, 0.25) is 5.95 Å². The first kappa shape index (κ1) is 12.3. The number of hydrogen-bond donors (Lipinski definition) is 1. The van der Waals surface area contributed by atoms with Gasteiger partial charge >= 0.3 is 0 Å². The summed E-state index contributed by atoms with van der Waals surface area (Å²) < 4.78 is 0. The first-order valence-corrected chi connectivity index (χ1v) is 6.46. The van der Waals surface area contributed by atoms with Gasteiger partial charge in [-0.05, 0) is 32.8 Å². The van der Waals surface area contributed by atoms with E-state index in [4.69, 9.17) is 0 Å². The quantitative estimate of drug-likeness (QED) is 0.867. The summed E-state index contributed by atoms with van der Waals surface area (Å²) >= 11 is 0. The van der Waals surface area contributed by atoms with Crippen LogP contribution < -0.4 is 4.90 Å². The summed E-state index contributed by atoms with van der Waals surface area (Å²) in [4.78, 5) is 11.2. The lowest BCUT2D eigenvalue weighted by Gasteiger charge is -2.28. The molecule has 1 aliphatic carbocycles. The fourth-order valence-electron chi connectivity index (χ4n) is 2.61. The van der Waals surface area contributed by atoms with Gasteiger partial charge in [0, 0.05) is 18.3 Å². The fourth-order valence-corrected chi connectivity index (χ4v) is 2.61. The van der Waals surface area contributed by atoms with Crippen LogP contribution in [0.2, 0.25) is 0 Å². The number of nitrogens with zero attached hydrogens (tertiary/aromatic N) is 3. The van der Waals surface area contributed by atoms with E-state index in [1.165, 1.54) is 25.7 Å². The molecule has 0 spiro atoms. The second-order valence-corrected chi connectivity index (χ2v) is 4.68. The molecular weight excluding hydrogens is 214 g/mol. The number of rotatable bonds is 4. The second-order valence-electron chi connectivity index (χ2n) is 4.68. The van der Waals surface area contributed by atoms with Crippen LogP contribution in [0.5, 0.6) is 0 Å². The summed E-state index contributed by atoms with van der Waals surface area (Å²) in [5, 5.41) is 9.20. The molecule has 2 rings (SSSR count). The molecular formula is C13H21N3O. The predicted octanol–water partition coefficient (Wildman–Crippen LogP) is 2.05. The smallest absolute Gasteiger partial charge is 0.226 e. The zero-order chi connectivity index (χ0) is 12.3. The second kappa shape index (κ2) is 5.45. The first-order chi connectivity index (χ1) is 8.24. The third kappa shape index (κ3) is 2.75. The normalized spacial score (nSPS) is 16.4. The van der Waals surface area contributed by atoms with E-state index in [0.717, 1.165) is 18.2 Å². The van der Waals surface area contributed by atoms with E-state index < -0.39 is 0 Å². The van der Waals surface area contributed by atoms with Gasteiger partial charge in [0.15, 0.2) is 0 Å². The highest BCUT2D eigenvalue weighted by Crippen LogP contribution is 2.26. The molecule has 0 bridgehead atoms. The van der Waals surface area contributed by atoms with Crippen LogP contribution in [-0.2, 0) is 6.61 Å². The number of aliphatic hydroxyl groups excluding tert-OH is 1. The van der Waals surface area contributed by atoms with Gasteiger partial charge in [0.05, 0.1) is 12.3 Å². The highest BCUT2D eigenvalue weighted by atomic mass is 16.3. The van der Waals surface area contributed by atoms with Gasteiger partial charge in [-0.15, -0.1) is 0 Å². The van der Waals surface area contributed by atoms with Crippen molar-refractivity contribution in [3.8, 4) is 0 Å². The van der Waals surface area contributed by atoms with E-state index >= 15 is 0 Å². The fraction of sp³-hybridized carbons (Fsp3) is 0.692. The Bertz CT molecular complexity index is 375. The Balaban J connectivity index is 2.25. The molecule has 94 valence electrons. The molecule has 1 aromatic heterocycles.